The van der Waals surface area contributed by atoms with E-state index in [9.17, 15) is 13.5 Å². The van der Waals surface area contributed by atoms with Gasteiger partial charge < -0.3 is 5.11 Å². The van der Waals surface area contributed by atoms with Gasteiger partial charge in [-0.1, -0.05) is 76.8 Å². The topological polar surface area (TPSA) is 63.6 Å². The summed E-state index contributed by atoms with van der Waals surface area (Å²) in [7, 11) is -3.85. The molecule has 0 aliphatic carbocycles. The van der Waals surface area contributed by atoms with Crippen LogP contribution < -0.4 is 0 Å². The van der Waals surface area contributed by atoms with Crippen molar-refractivity contribution in [2.45, 2.75) is 76.0 Å². The van der Waals surface area contributed by atoms with Gasteiger partial charge in [-0.05, 0) is 18.6 Å². The summed E-state index contributed by atoms with van der Waals surface area (Å²) in [6.45, 7) is 2.40. The minimum absolute atomic E-state index is 0. The van der Waals surface area contributed by atoms with Crippen LogP contribution in [0.1, 0.15) is 71.1 Å². The van der Waals surface area contributed by atoms with E-state index in [2.05, 4.69) is 6.92 Å². The maximum absolute atomic E-state index is 11.9. The van der Waals surface area contributed by atoms with Gasteiger partial charge in [-0.15, -0.1) is 0 Å². The Morgan fingerprint density at radius 2 is 1.38 bits per heavy atom. The fourth-order valence-electron chi connectivity index (χ4n) is 2.49. The molecule has 0 saturated heterocycles. The van der Waals surface area contributed by atoms with Crippen molar-refractivity contribution in [3.8, 4) is 5.75 Å². The first-order valence-electron chi connectivity index (χ1n) is 8.75. The Morgan fingerprint density at radius 1 is 0.875 bits per heavy atom. The van der Waals surface area contributed by atoms with Crippen LogP contribution in [0.25, 0.3) is 0 Å². The third-order valence-electron chi connectivity index (χ3n) is 3.87. The molecule has 0 unspecified atom stereocenters. The Hall–Kier alpha value is 0.190. The average molecular weight is 385 g/mol. The Labute approximate surface area is 177 Å². The van der Waals surface area contributed by atoms with Gasteiger partial charge in [0.25, 0.3) is 0 Å². The Bertz CT molecular complexity index is 532. The molecule has 6 heteroatoms. The quantitative estimate of drug-likeness (QED) is 0.316. The van der Waals surface area contributed by atoms with Gasteiger partial charge >= 0.3 is 47.9 Å². The van der Waals surface area contributed by atoms with Crippen LogP contribution in [0.2, 0.25) is 0 Å². The van der Waals surface area contributed by atoms with E-state index in [1.54, 1.807) is 12.1 Å². The third kappa shape index (κ3) is 10.2. The summed E-state index contributed by atoms with van der Waals surface area (Å²) in [4.78, 5) is -0.160. The summed E-state index contributed by atoms with van der Waals surface area (Å²) in [6, 6.07) is 5.84. The van der Waals surface area contributed by atoms with Crippen LogP contribution in [-0.4, -0.2) is 57.9 Å². The van der Waals surface area contributed by atoms with Crippen molar-refractivity contribution in [2.75, 3.05) is 6.61 Å². The van der Waals surface area contributed by atoms with Crippen LogP contribution in [0.4, 0.5) is 0 Å². The van der Waals surface area contributed by atoms with Gasteiger partial charge in [0, 0.05) is 0 Å². The van der Waals surface area contributed by atoms with E-state index in [4.69, 9.17) is 4.18 Å². The number of rotatable bonds is 13. The summed E-state index contributed by atoms with van der Waals surface area (Å²) in [6.07, 6.45) is 11.9. The SMILES string of the molecule is CCCCCCCCCCCCOS(=O)(=O)c1ccccc1O.[CaH2]. The molecule has 0 aromatic heterocycles. The van der Waals surface area contributed by atoms with Gasteiger partial charge in [-0.25, -0.2) is 0 Å². The van der Waals surface area contributed by atoms with Crippen molar-refractivity contribution >= 4 is 47.9 Å². The summed E-state index contributed by atoms with van der Waals surface area (Å²) in [5, 5.41) is 9.56. The third-order valence-corrected chi connectivity index (χ3v) is 5.23. The summed E-state index contributed by atoms with van der Waals surface area (Å²) in [5.74, 6) is -0.268. The van der Waals surface area contributed by atoms with E-state index < -0.39 is 10.1 Å². The molecule has 0 radical (unpaired) electrons. The number of phenols is 1. The van der Waals surface area contributed by atoms with Crippen molar-refractivity contribution in [3.63, 3.8) is 0 Å². The van der Waals surface area contributed by atoms with Gasteiger partial charge in [0.1, 0.15) is 10.6 Å². The van der Waals surface area contributed by atoms with Crippen LogP contribution in [0.3, 0.4) is 0 Å². The summed E-state index contributed by atoms with van der Waals surface area (Å²) < 4.78 is 28.8. The molecule has 24 heavy (non-hydrogen) atoms. The van der Waals surface area contributed by atoms with Crippen molar-refractivity contribution in [1.82, 2.24) is 0 Å². The predicted molar refractivity (Wildman–Crippen MR) is 102 cm³/mol. The predicted octanol–water partition coefficient (Wildman–Crippen LogP) is 4.10. The zero-order chi connectivity index (χ0) is 17.0. The van der Waals surface area contributed by atoms with Crippen molar-refractivity contribution in [1.29, 1.82) is 0 Å². The number of hydrogen-bond acceptors (Lipinski definition) is 4. The molecule has 0 aliphatic heterocycles. The van der Waals surface area contributed by atoms with Gasteiger partial charge in [0.15, 0.2) is 0 Å². The van der Waals surface area contributed by atoms with Crippen LogP contribution in [0.5, 0.6) is 5.75 Å². The molecule has 0 spiro atoms. The van der Waals surface area contributed by atoms with Gasteiger partial charge in [-0.2, -0.15) is 8.42 Å². The Kier molecular flexibility index (Phi) is 14.5. The molecule has 0 fully saturated rings. The molecule has 0 heterocycles. The number of benzene rings is 1. The number of para-hydroxylation sites is 1. The summed E-state index contributed by atoms with van der Waals surface area (Å²) >= 11 is 0. The van der Waals surface area contributed by atoms with Gasteiger partial charge in [0.2, 0.25) is 0 Å². The van der Waals surface area contributed by atoms with E-state index in [-0.39, 0.29) is 55.0 Å². The van der Waals surface area contributed by atoms with Crippen LogP contribution in [0.15, 0.2) is 29.2 Å². The minimum atomic E-state index is -3.85. The zero-order valence-corrected chi connectivity index (χ0v) is 15.0. The van der Waals surface area contributed by atoms with E-state index in [1.165, 1.54) is 57.1 Å². The second-order valence-corrected chi connectivity index (χ2v) is 7.51. The molecule has 0 amide bonds. The van der Waals surface area contributed by atoms with Crippen molar-refractivity contribution in [2.24, 2.45) is 0 Å². The molecule has 0 saturated carbocycles. The van der Waals surface area contributed by atoms with Gasteiger partial charge in [0.05, 0.1) is 6.61 Å². The van der Waals surface area contributed by atoms with E-state index in [0.29, 0.717) is 0 Å². The van der Waals surface area contributed by atoms with Crippen LogP contribution >= 0.6 is 0 Å². The average Bonchev–Trinajstić information content (AvgIpc) is 2.53. The molecule has 1 aromatic rings. The van der Waals surface area contributed by atoms with E-state index in [0.717, 1.165) is 19.3 Å². The number of phenolic OH excluding ortho intramolecular Hbond substituents is 1. The Morgan fingerprint density at radius 3 is 1.92 bits per heavy atom. The van der Waals surface area contributed by atoms with Gasteiger partial charge in [-0.3, -0.25) is 4.18 Å². The molecule has 0 atom stereocenters. The number of unbranched alkanes of at least 4 members (excludes halogenated alkanes) is 9. The molecule has 4 nitrogen and oxygen atoms in total. The molecule has 1 N–H and O–H groups in total. The van der Waals surface area contributed by atoms with Crippen molar-refractivity contribution in [3.05, 3.63) is 24.3 Å². The zero-order valence-electron chi connectivity index (χ0n) is 14.2. The standard InChI is InChI=1S/C18H30O4S.Ca.2H/c1-2-3-4-5-6-7-8-9-10-13-16-22-23(20,21)18-15-12-11-14-17(18)19;;;/h11-12,14-15,19H,2-10,13,16H2,1H3;;;. The van der Waals surface area contributed by atoms with E-state index >= 15 is 0 Å². The number of aromatic hydroxyl groups is 1. The number of hydrogen-bond donors (Lipinski definition) is 1. The van der Waals surface area contributed by atoms with Crippen LogP contribution in [-0.2, 0) is 14.3 Å². The first-order valence-corrected chi connectivity index (χ1v) is 10.2. The molecule has 1 rings (SSSR count). The van der Waals surface area contributed by atoms with Crippen LogP contribution in [0, 0.1) is 0 Å². The molecule has 0 aliphatic rings. The maximum atomic E-state index is 11.9. The first-order chi connectivity index (χ1) is 11.1. The summed E-state index contributed by atoms with van der Waals surface area (Å²) in [5.41, 5.74) is 0. The molecule has 0 bridgehead atoms. The van der Waals surface area contributed by atoms with E-state index in [1.807, 2.05) is 0 Å². The monoisotopic (exact) mass is 384 g/mol. The first kappa shape index (κ1) is 24.2. The fraction of sp³-hybridized carbons (Fsp3) is 0.667. The molecular formula is C18H32CaO4S. The normalized spacial score (nSPS) is 11.2. The second-order valence-electron chi connectivity index (χ2n) is 5.93. The molecule has 136 valence electrons. The Balaban J connectivity index is 0.00000529. The second kappa shape index (κ2) is 14.4. The molecular weight excluding hydrogens is 352 g/mol. The molecule has 1 aromatic carbocycles. The van der Waals surface area contributed by atoms with Crippen molar-refractivity contribution < 1.29 is 17.7 Å². The fourth-order valence-corrected chi connectivity index (χ4v) is 3.52.